The number of nitrogens with zero attached hydrogens (tertiary/aromatic N) is 1. The lowest BCUT2D eigenvalue weighted by molar-refractivity contribution is 0.121. The lowest BCUT2D eigenvalue weighted by atomic mass is 10.1. The molecule has 1 aliphatic rings. The quantitative estimate of drug-likeness (QED) is 0.664. The average molecular weight is 211 g/mol. The summed E-state index contributed by atoms with van der Waals surface area (Å²) in [5.41, 5.74) is 2.19. The number of aromatic nitrogens is 2. The van der Waals surface area contributed by atoms with Gasteiger partial charge >= 0.3 is 0 Å². The van der Waals surface area contributed by atoms with E-state index in [1.807, 2.05) is 13.1 Å². The summed E-state index contributed by atoms with van der Waals surface area (Å²) in [6.45, 7) is 5.04. The van der Waals surface area contributed by atoms with Crippen LogP contribution in [0.3, 0.4) is 0 Å². The monoisotopic (exact) mass is 211 g/mol. The molecule has 1 fully saturated rings. The van der Waals surface area contributed by atoms with Crippen molar-refractivity contribution in [1.82, 2.24) is 15.5 Å². The molecular formula is C10H17N3O2. The predicted molar refractivity (Wildman–Crippen MR) is 55.5 cm³/mol. The molecule has 0 bridgehead atoms. The number of aryl methyl sites for hydroxylation is 1. The topological polar surface area (TPSA) is 70.2 Å². The van der Waals surface area contributed by atoms with E-state index >= 15 is 0 Å². The van der Waals surface area contributed by atoms with Crippen molar-refractivity contribution in [1.29, 1.82) is 0 Å². The zero-order chi connectivity index (χ0) is 10.8. The van der Waals surface area contributed by atoms with E-state index in [1.165, 1.54) is 0 Å². The number of hydrogen-bond donors (Lipinski definition) is 3. The van der Waals surface area contributed by atoms with Crippen LogP contribution >= 0.6 is 0 Å². The molecule has 1 aromatic rings. The molecule has 3 atom stereocenters. The van der Waals surface area contributed by atoms with Crippen LogP contribution in [0, 0.1) is 6.92 Å². The summed E-state index contributed by atoms with van der Waals surface area (Å²) in [5, 5.41) is 19.8. The maximum Gasteiger partial charge on any atom is 0.0948 e. The first-order valence-corrected chi connectivity index (χ1v) is 5.20. The van der Waals surface area contributed by atoms with Gasteiger partial charge in [0.05, 0.1) is 31.6 Å². The first-order chi connectivity index (χ1) is 7.18. The number of aliphatic hydroxyl groups is 1. The summed E-state index contributed by atoms with van der Waals surface area (Å²) in [4.78, 5) is 0. The molecule has 1 aliphatic heterocycles. The van der Waals surface area contributed by atoms with Gasteiger partial charge in [-0.2, -0.15) is 5.10 Å². The predicted octanol–water partition coefficient (Wildman–Crippen LogP) is 0.128. The van der Waals surface area contributed by atoms with E-state index in [4.69, 9.17) is 4.74 Å². The maximum absolute atomic E-state index is 9.59. The van der Waals surface area contributed by atoms with Crippen LogP contribution in [0.25, 0.3) is 0 Å². The number of ether oxygens (including phenoxy) is 1. The fourth-order valence-electron chi connectivity index (χ4n) is 1.91. The summed E-state index contributed by atoms with van der Waals surface area (Å²) >= 11 is 0. The molecule has 2 rings (SSSR count). The minimum atomic E-state index is -0.403. The van der Waals surface area contributed by atoms with Crippen molar-refractivity contribution in [2.24, 2.45) is 0 Å². The first kappa shape index (κ1) is 10.6. The van der Waals surface area contributed by atoms with Crippen molar-refractivity contribution >= 4 is 0 Å². The zero-order valence-corrected chi connectivity index (χ0v) is 9.03. The second kappa shape index (κ2) is 4.30. The van der Waals surface area contributed by atoms with Gasteiger partial charge in [-0.05, 0) is 13.8 Å². The molecule has 0 saturated carbocycles. The third-order valence-electron chi connectivity index (χ3n) is 2.85. The third kappa shape index (κ3) is 2.19. The van der Waals surface area contributed by atoms with Gasteiger partial charge in [0.25, 0.3) is 0 Å². The van der Waals surface area contributed by atoms with Gasteiger partial charge < -0.3 is 15.2 Å². The summed E-state index contributed by atoms with van der Waals surface area (Å²) in [6, 6.07) is 0.194. The minimum Gasteiger partial charge on any atom is -0.389 e. The fraction of sp³-hybridized carbons (Fsp3) is 0.700. The number of aromatic amines is 1. The molecular weight excluding hydrogens is 194 g/mol. The second-order valence-electron chi connectivity index (χ2n) is 4.05. The Labute approximate surface area is 88.8 Å². The van der Waals surface area contributed by atoms with Gasteiger partial charge in [0.1, 0.15) is 0 Å². The minimum absolute atomic E-state index is 0.0225. The van der Waals surface area contributed by atoms with Crippen LogP contribution in [0.1, 0.15) is 24.2 Å². The van der Waals surface area contributed by atoms with Crippen molar-refractivity contribution in [3.05, 3.63) is 17.5 Å². The maximum atomic E-state index is 9.59. The number of nitrogens with one attached hydrogen (secondary N) is 2. The summed E-state index contributed by atoms with van der Waals surface area (Å²) < 4.78 is 5.18. The lowest BCUT2D eigenvalue weighted by Crippen LogP contribution is -2.40. The van der Waals surface area contributed by atoms with E-state index in [0.29, 0.717) is 13.2 Å². The van der Waals surface area contributed by atoms with Crippen LogP contribution in [0.4, 0.5) is 0 Å². The van der Waals surface area contributed by atoms with Gasteiger partial charge in [-0.25, -0.2) is 0 Å². The number of aliphatic hydroxyl groups excluding tert-OH is 1. The van der Waals surface area contributed by atoms with Gasteiger partial charge in [-0.3, -0.25) is 5.10 Å². The molecule has 1 saturated heterocycles. The van der Waals surface area contributed by atoms with Crippen molar-refractivity contribution in [3.8, 4) is 0 Å². The van der Waals surface area contributed by atoms with Crippen LogP contribution in [0.5, 0.6) is 0 Å². The summed E-state index contributed by atoms with van der Waals surface area (Å²) in [7, 11) is 0. The molecule has 5 nitrogen and oxygen atoms in total. The fourth-order valence-corrected chi connectivity index (χ4v) is 1.91. The van der Waals surface area contributed by atoms with E-state index in [9.17, 15) is 5.11 Å². The zero-order valence-electron chi connectivity index (χ0n) is 9.03. The standard InChI is InChI=1S/C10H17N3O2/c1-6(8-3-11-13-7(8)2)12-9-4-15-5-10(9)14/h3,6,9-10,12,14H,4-5H2,1-2H3,(H,11,13). The molecule has 15 heavy (non-hydrogen) atoms. The van der Waals surface area contributed by atoms with Crippen LogP contribution in [0.2, 0.25) is 0 Å². The Balaban J connectivity index is 1.97. The van der Waals surface area contributed by atoms with Crippen LogP contribution in [0.15, 0.2) is 6.20 Å². The molecule has 0 aromatic carbocycles. The first-order valence-electron chi connectivity index (χ1n) is 5.20. The van der Waals surface area contributed by atoms with Crippen molar-refractivity contribution in [2.45, 2.75) is 32.0 Å². The van der Waals surface area contributed by atoms with Crippen molar-refractivity contribution in [2.75, 3.05) is 13.2 Å². The van der Waals surface area contributed by atoms with Crippen molar-refractivity contribution < 1.29 is 9.84 Å². The molecule has 0 amide bonds. The van der Waals surface area contributed by atoms with E-state index in [1.54, 1.807) is 0 Å². The van der Waals surface area contributed by atoms with Crippen LogP contribution < -0.4 is 5.32 Å². The Morgan fingerprint density at radius 1 is 1.67 bits per heavy atom. The molecule has 2 heterocycles. The third-order valence-corrected chi connectivity index (χ3v) is 2.85. The van der Waals surface area contributed by atoms with Crippen LogP contribution in [-0.2, 0) is 4.74 Å². The SMILES string of the molecule is Cc1[nH]ncc1C(C)NC1COCC1O. The van der Waals surface area contributed by atoms with Gasteiger partial charge in [0.15, 0.2) is 0 Å². The number of H-pyrrole nitrogens is 1. The molecule has 0 spiro atoms. The van der Waals surface area contributed by atoms with Gasteiger partial charge in [0, 0.05) is 17.3 Å². The van der Waals surface area contributed by atoms with E-state index in [2.05, 4.69) is 22.4 Å². The molecule has 3 N–H and O–H groups in total. The largest absolute Gasteiger partial charge is 0.389 e. The number of hydrogen-bond acceptors (Lipinski definition) is 4. The van der Waals surface area contributed by atoms with Crippen molar-refractivity contribution in [3.63, 3.8) is 0 Å². The number of rotatable bonds is 3. The molecule has 5 heteroatoms. The molecule has 0 radical (unpaired) electrons. The molecule has 1 aromatic heterocycles. The molecule has 0 aliphatic carbocycles. The van der Waals surface area contributed by atoms with Gasteiger partial charge in [0.2, 0.25) is 0 Å². The summed E-state index contributed by atoms with van der Waals surface area (Å²) in [5.74, 6) is 0. The average Bonchev–Trinajstić information content (AvgIpc) is 2.76. The Morgan fingerprint density at radius 3 is 3.00 bits per heavy atom. The Bertz CT molecular complexity index is 326. The summed E-state index contributed by atoms with van der Waals surface area (Å²) in [6.07, 6.45) is 1.41. The Hall–Kier alpha value is -0.910. The van der Waals surface area contributed by atoms with E-state index in [0.717, 1.165) is 11.3 Å². The molecule has 3 unspecified atom stereocenters. The Kier molecular flexibility index (Phi) is 3.04. The highest BCUT2D eigenvalue weighted by Crippen LogP contribution is 2.17. The highest BCUT2D eigenvalue weighted by Gasteiger charge is 2.27. The normalized spacial score (nSPS) is 28.2. The molecule has 84 valence electrons. The smallest absolute Gasteiger partial charge is 0.0948 e. The van der Waals surface area contributed by atoms with E-state index < -0.39 is 6.10 Å². The van der Waals surface area contributed by atoms with Gasteiger partial charge in [-0.15, -0.1) is 0 Å². The Morgan fingerprint density at radius 2 is 2.47 bits per heavy atom. The highest BCUT2D eigenvalue weighted by molar-refractivity contribution is 5.18. The van der Waals surface area contributed by atoms with Crippen LogP contribution in [-0.4, -0.2) is 40.7 Å². The lowest BCUT2D eigenvalue weighted by Gasteiger charge is -2.20. The highest BCUT2D eigenvalue weighted by atomic mass is 16.5. The van der Waals surface area contributed by atoms with E-state index in [-0.39, 0.29) is 12.1 Å². The second-order valence-corrected chi connectivity index (χ2v) is 4.05. The van der Waals surface area contributed by atoms with Gasteiger partial charge in [-0.1, -0.05) is 0 Å².